The molecule has 1 aromatic carbocycles. The van der Waals surface area contributed by atoms with Crippen LogP contribution in [0.4, 0.5) is 0 Å². The lowest BCUT2D eigenvalue weighted by Crippen LogP contribution is -2.29. The summed E-state index contributed by atoms with van der Waals surface area (Å²) in [4.78, 5) is 2.14. The molecule has 5 heteroatoms. The molecule has 0 amide bonds. The summed E-state index contributed by atoms with van der Waals surface area (Å²) in [6.07, 6.45) is 0. The second-order valence-electron chi connectivity index (χ2n) is 4.10. The zero-order valence-corrected chi connectivity index (χ0v) is 12.2. The van der Waals surface area contributed by atoms with Gasteiger partial charge in [-0.2, -0.15) is 8.42 Å². The molecule has 0 atom stereocenters. The fourth-order valence-corrected chi connectivity index (χ4v) is 2.72. The average Bonchev–Trinajstić information content (AvgIpc) is 2.30. The molecule has 0 saturated heterocycles. The summed E-state index contributed by atoms with van der Waals surface area (Å²) in [5.74, 6) is 0.528. The third kappa shape index (κ3) is 3.57. The molecule has 4 nitrogen and oxygen atoms in total. The maximum Gasteiger partial charge on any atom is 0.283 e. The van der Waals surface area contributed by atoms with E-state index in [0.717, 1.165) is 18.7 Å². The van der Waals surface area contributed by atoms with Gasteiger partial charge >= 0.3 is 0 Å². The first-order valence-corrected chi connectivity index (χ1v) is 7.48. The summed E-state index contributed by atoms with van der Waals surface area (Å²) in [7, 11) is -3.60. The number of nitrogens with zero attached hydrogens (tertiary/aromatic N) is 2. The van der Waals surface area contributed by atoms with E-state index in [4.69, 9.17) is 0 Å². The van der Waals surface area contributed by atoms with E-state index in [2.05, 4.69) is 4.40 Å². The number of aryl methyl sites for hydroxylation is 1. The number of amidine groups is 1. The van der Waals surface area contributed by atoms with Crippen molar-refractivity contribution in [2.75, 3.05) is 13.1 Å². The van der Waals surface area contributed by atoms with Crippen LogP contribution in [0.3, 0.4) is 0 Å². The maximum atomic E-state index is 12.1. The van der Waals surface area contributed by atoms with E-state index in [-0.39, 0.29) is 4.90 Å². The molecule has 0 heterocycles. The van der Waals surface area contributed by atoms with Gasteiger partial charge in [0.25, 0.3) is 10.0 Å². The van der Waals surface area contributed by atoms with Crippen molar-refractivity contribution in [1.29, 1.82) is 0 Å². The van der Waals surface area contributed by atoms with E-state index in [1.807, 2.05) is 25.7 Å². The molecule has 0 unspecified atom stereocenters. The molecule has 0 spiro atoms. The SMILES string of the molecule is CCN(CC)/C(C)=N/S(=O)(=O)c1ccc(C)cc1. The third-order valence-electron chi connectivity index (χ3n) is 2.79. The Morgan fingerprint density at radius 1 is 1.17 bits per heavy atom. The van der Waals surface area contributed by atoms with Crippen LogP contribution in [0.25, 0.3) is 0 Å². The van der Waals surface area contributed by atoms with Gasteiger partial charge < -0.3 is 4.90 Å². The Morgan fingerprint density at radius 3 is 2.11 bits per heavy atom. The minimum atomic E-state index is -3.60. The summed E-state index contributed by atoms with van der Waals surface area (Å²) in [5, 5.41) is 0. The Kier molecular flexibility index (Phi) is 4.90. The van der Waals surface area contributed by atoms with Gasteiger partial charge in [0.2, 0.25) is 0 Å². The van der Waals surface area contributed by atoms with E-state index in [9.17, 15) is 8.42 Å². The van der Waals surface area contributed by atoms with Crippen molar-refractivity contribution in [3.8, 4) is 0 Å². The molecule has 0 aromatic heterocycles. The first-order valence-electron chi connectivity index (χ1n) is 6.04. The van der Waals surface area contributed by atoms with Crippen LogP contribution >= 0.6 is 0 Å². The van der Waals surface area contributed by atoms with Crippen LogP contribution in [-0.4, -0.2) is 32.2 Å². The molecule has 100 valence electrons. The maximum absolute atomic E-state index is 12.1. The predicted octanol–water partition coefficient (Wildman–Crippen LogP) is 2.44. The van der Waals surface area contributed by atoms with Gasteiger partial charge in [-0.25, -0.2) is 0 Å². The zero-order valence-electron chi connectivity index (χ0n) is 11.3. The van der Waals surface area contributed by atoms with E-state index in [1.165, 1.54) is 0 Å². The van der Waals surface area contributed by atoms with Crippen LogP contribution in [0.2, 0.25) is 0 Å². The van der Waals surface area contributed by atoms with E-state index < -0.39 is 10.0 Å². The zero-order chi connectivity index (χ0) is 13.8. The van der Waals surface area contributed by atoms with Gasteiger partial charge in [-0.15, -0.1) is 4.40 Å². The highest BCUT2D eigenvalue weighted by molar-refractivity contribution is 7.90. The molecule has 0 bridgehead atoms. The van der Waals surface area contributed by atoms with Gasteiger partial charge in [0.1, 0.15) is 5.84 Å². The molecule has 0 aliphatic heterocycles. The second-order valence-corrected chi connectivity index (χ2v) is 5.70. The molecule has 0 saturated carbocycles. The minimum absolute atomic E-state index is 0.236. The van der Waals surface area contributed by atoms with Crippen LogP contribution in [0, 0.1) is 6.92 Å². The van der Waals surface area contributed by atoms with Crippen LogP contribution < -0.4 is 0 Å². The minimum Gasteiger partial charge on any atom is -0.360 e. The van der Waals surface area contributed by atoms with Crippen LogP contribution in [-0.2, 0) is 10.0 Å². The summed E-state index contributed by atoms with van der Waals surface area (Å²) in [5.41, 5.74) is 1.03. The Morgan fingerprint density at radius 2 is 1.67 bits per heavy atom. The normalized spacial score (nSPS) is 12.6. The van der Waals surface area contributed by atoms with Gasteiger partial charge in [-0.1, -0.05) is 17.7 Å². The van der Waals surface area contributed by atoms with Gasteiger partial charge in [0.05, 0.1) is 4.90 Å². The quantitative estimate of drug-likeness (QED) is 0.622. The Labute approximate surface area is 109 Å². The molecule has 0 radical (unpaired) electrons. The Hall–Kier alpha value is -1.36. The summed E-state index contributed by atoms with van der Waals surface area (Å²) in [6.45, 7) is 9.08. The molecule has 0 aliphatic carbocycles. The second kappa shape index (κ2) is 6.00. The molecule has 1 aromatic rings. The molecule has 18 heavy (non-hydrogen) atoms. The van der Waals surface area contributed by atoms with Gasteiger partial charge in [-0.05, 0) is 39.8 Å². The molecular formula is C13H20N2O2S. The molecular weight excluding hydrogens is 248 g/mol. The highest BCUT2D eigenvalue weighted by Gasteiger charge is 2.14. The Balaban J connectivity index is 3.08. The lowest BCUT2D eigenvalue weighted by Gasteiger charge is -2.19. The largest absolute Gasteiger partial charge is 0.360 e. The fourth-order valence-electron chi connectivity index (χ4n) is 1.68. The Bertz CT molecular complexity index is 514. The lowest BCUT2D eigenvalue weighted by molar-refractivity contribution is 0.463. The summed E-state index contributed by atoms with van der Waals surface area (Å²) in [6, 6.07) is 6.72. The van der Waals surface area contributed by atoms with Crippen LogP contribution in [0.5, 0.6) is 0 Å². The number of sulfonamides is 1. The van der Waals surface area contributed by atoms with Crippen molar-refractivity contribution in [2.45, 2.75) is 32.6 Å². The third-order valence-corrected chi connectivity index (χ3v) is 4.16. The van der Waals surface area contributed by atoms with Crippen molar-refractivity contribution in [2.24, 2.45) is 4.40 Å². The van der Waals surface area contributed by atoms with Gasteiger partial charge in [0.15, 0.2) is 0 Å². The number of hydrogen-bond acceptors (Lipinski definition) is 2. The standard InChI is InChI=1S/C13H20N2O2S/c1-5-15(6-2)12(4)14-18(16,17)13-9-7-11(3)8-10-13/h7-10H,5-6H2,1-4H3/b14-12+. The average molecular weight is 268 g/mol. The monoisotopic (exact) mass is 268 g/mol. The van der Waals surface area contributed by atoms with Gasteiger partial charge in [-0.3, -0.25) is 0 Å². The molecule has 0 aliphatic rings. The van der Waals surface area contributed by atoms with E-state index in [1.54, 1.807) is 31.2 Å². The summed E-state index contributed by atoms with van der Waals surface area (Å²) < 4.78 is 28.0. The molecule has 0 fully saturated rings. The van der Waals surface area contributed by atoms with Crippen molar-refractivity contribution in [1.82, 2.24) is 4.90 Å². The topological polar surface area (TPSA) is 49.7 Å². The number of rotatable bonds is 4. The van der Waals surface area contributed by atoms with Gasteiger partial charge in [0, 0.05) is 13.1 Å². The smallest absolute Gasteiger partial charge is 0.283 e. The van der Waals surface area contributed by atoms with Crippen molar-refractivity contribution < 1.29 is 8.42 Å². The van der Waals surface area contributed by atoms with Crippen LogP contribution in [0.15, 0.2) is 33.6 Å². The predicted molar refractivity (Wildman–Crippen MR) is 74.4 cm³/mol. The lowest BCUT2D eigenvalue weighted by atomic mass is 10.2. The van der Waals surface area contributed by atoms with E-state index in [0.29, 0.717) is 5.84 Å². The first kappa shape index (κ1) is 14.7. The van der Waals surface area contributed by atoms with Crippen molar-refractivity contribution in [3.05, 3.63) is 29.8 Å². The fraction of sp³-hybridized carbons (Fsp3) is 0.462. The molecule has 0 N–H and O–H groups in total. The summed E-state index contributed by atoms with van der Waals surface area (Å²) >= 11 is 0. The van der Waals surface area contributed by atoms with Crippen molar-refractivity contribution in [3.63, 3.8) is 0 Å². The number of hydrogen-bond donors (Lipinski definition) is 0. The highest BCUT2D eigenvalue weighted by Crippen LogP contribution is 2.13. The highest BCUT2D eigenvalue weighted by atomic mass is 32.2. The number of benzene rings is 1. The van der Waals surface area contributed by atoms with Crippen LogP contribution in [0.1, 0.15) is 26.3 Å². The first-order chi connectivity index (χ1) is 8.40. The van der Waals surface area contributed by atoms with E-state index >= 15 is 0 Å². The molecule has 1 rings (SSSR count). The van der Waals surface area contributed by atoms with Crippen molar-refractivity contribution >= 4 is 15.9 Å².